The number of nitrogens with one attached hydrogen (secondary N) is 1. The van der Waals surface area contributed by atoms with E-state index in [-0.39, 0.29) is 29.8 Å². The van der Waals surface area contributed by atoms with Gasteiger partial charge in [0.15, 0.2) is 5.96 Å². The van der Waals surface area contributed by atoms with Crippen LogP contribution in [0.2, 0.25) is 0 Å². The summed E-state index contributed by atoms with van der Waals surface area (Å²) in [5, 5.41) is 3.39. The topological polar surface area (TPSA) is 46.1 Å². The zero-order valence-electron chi connectivity index (χ0n) is 15.1. The van der Waals surface area contributed by atoms with E-state index in [1.54, 1.807) is 12.1 Å². The van der Waals surface area contributed by atoms with Crippen LogP contribution in [0.5, 0.6) is 5.75 Å². The van der Waals surface area contributed by atoms with Gasteiger partial charge in [0.05, 0.1) is 18.8 Å². The van der Waals surface area contributed by atoms with E-state index < -0.39 is 0 Å². The highest BCUT2D eigenvalue weighted by Gasteiger charge is 2.53. The molecule has 2 bridgehead atoms. The first-order valence-corrected chi connectivity index (χ1v) is 9.31. The number of likely N-dealkylation sites (tertiary alicyclic amines) is 1. The van der Waals surface area contributed by atoms with Crippen LogP contribution in [0.1, 0.15) is 19.8 Å². The van der Waals surface area contributed by atoms with Gasteiger partial charge in [0.25, 0.3) is 0 Å². The molecule has 0 spiro atoms. The van der Waals surface area contributed by atoms with E-state index in [1.807, 2.05) is 0 Å². The van der Waals surface area contributed by atoms with Crippen LogP contribution in [0.3, 0.4) is 0 Å². The van der Waals surface area contributed by atoms with Crippen molar-refractivity contribution < 1.29 is 13.9 Å². The van der Waals surface area contributed by atoms with E-state index in [0.29, 0.717) is 42.9 Å². The second-order valence-electron chi connectivity index (χ2n) is 7.06. The molecule has 1 N–H and O–H groups in total. The van der Waals surface area contributed by atoms with Gasteiger partial charge in [-0.1, -0.05) is 6.07 Å². The molecule has 0 amide bonds. The minimum atomic E-state index is -0.283. The lowest BCUT2D eigenvalue weighted by molar-refractivity contribution is 0.0767. The van der Waals surface area contributed by atoms with Crippen molar-refractivity contribution in [2.75, 3.05) is 32.8 Å². The number of halogens is 2. The fourth-order valence-electron chi connectivity index (χ4n) is 4.43. The molecule has 5 nitrogen and oxygen atoms in total. The highest BCUT2D eigenvalue weighted by molar-refractivity contribution is 14.0. The number of rotatable bonds is 5. The van der Waals surface area contributed by atoms with E-state index in [4.69, 9.17) is 14.5 Å². The van der Waals surface area contributed by atoms with Gasteiger partial charge in [-0.3, -0.25) is 0 Å². The first-order chi connectivity index (χ1) is 12.2. The summed E-state index contributed by atoms with van der Waals surface area (Å²) in [5.41, 5.74) is 0. The second kappa shape index (κ2) is 8.73. The number of benzene rings is 1. The van der Waals surface area contributed by atoms with Gasteiger partial charge < -0.3 is 19.7 Å². The average molecular weight is 475 g/mol. The molecule has 4 atom stereocenters. The number of aliphatic imine (C=N–C) groups is 1. The molecule has 144 valence electrons. The van der Waals surface area contributed by atoms with Gasteiger partial charge in [-0.15, -0.1) is 24.0 Å². The van der Waals surface area contributed by atoms with Gasteiger partial charge in [0.1, 0.15) is 18.2 Å². The van der Waals surface area contributed by atoms with Crippen molar-refractivity contribution >= 4 is 29.9 Å². The first kappa shape index (κ1) is 19.7. The Morgan fingerprint density at radius 1 is 1.31 bits per heavy atom. The Morgan fingerprint density at radius 2 is 2.04 bits per heavy atom. The third-order valence-electron chi connectivity index (χ3n) is 5.50. The van der Waals surface area contributed by atoms with Crippen molar-refractivity contribution in [1.82, 2.24) is 10.2 Å². The van der Waals surface area contributed by atoms with E-state index in [9.17, 15) is 4.39 Å². The Kier molecular flexibility index (Phi) is 6.60. The Labute approximate surface area is 171 Å². The highest BCUT2D eigenvalue weighted by Crippen LogP contribution is 2.47. The summed E-state index contributed by atoms with van der Waals surface area (Å²) in [6.45, 7) is 5.98. The van der Waals surface area contributed by atoms with E-state index in [2.05, 4.69) is 17.1 Å². The van der Waals surface area contributed by atoms with Gasteiger partial charge >= 0.3 is 0 Å². The summed E-state index contributed by atoms with van der Waals surface area (Å²) < 4.78 is 24.8. The fourth-order valence-corrected chi connectivity index (χ4v) is 4.43. The number of hydrogen-bond donors (Lipinski definition) is 1. The molecule has 1 aromatic rings. The lowest BCUT2D eigenvalue weighted by Crippen LogP contribution is -2.41. The number of nitrogens with zero attached hydrogens (tertiary/aromatic N) is 2. The Balaban J connectivity index is 0.00000196. The van der Waals surface area contributed by atoms with Crippen LogP contribution in [-0.4, -0.2) is 55.9 Å². The minimum Gasteiger partial charge on any atom is -0.492 e. The Hall–Kier alpha value is -1.09. The van der Waals surface area contributed by atoms with Gasteiger partial charge in [0.2, 0.25) is 0 Å². The molecule has 0 radical (unpaired) electrons. The van der Waals surface area contributed by atoms with Crippen molar-refractivity contribution in [3.8, 4) is 5.75 Å². The quantitative estimate of drug-likeness (QED) is 0.308. The third-order valence-corrected chi connectivity index (χ3v) is 5.50. The maximum absolute atomic E-state index is 13.2. The molecule has 3 heterocycles. The van der Waals surface area contributed by atoms with Crippen molar-refractivity contribution in [1.29, 1.82) is 0 Å². The summed E-state index contributed by atoms with van der Waals surface area (Å²) in [5.74, 6) is 2.54. The Bertz CT molecular complexity index is 627. The third kappa shape index (κ3) is 4.08. The van der Waals surface area contributed by atoms with Crippen molar-refractivity contribution in [3.63, 3.8) is 0 Å². The van der Waals surface area contributed by atoms with Crippen LogP contribution in [-0.2, 0) is 4.74 Å². The normalized spacial score (nSPS) is 29.5. The highest BCUT2D eigenvalue weighted by atomic mass is 127. The predicted molar refractivity (Wildman–Crippen MR) is 110 cm³/mol. The number of ether oxygens (including phenoxy) is 2. The van der Waals surface area contributed by atoms with E-state index in [0.717, 1.165) is 25.6 Å². The van der Waals surface area contributed by atoms with Crippen LogP contribution in [0, 0.1) is 17.7 Å². The summed E-state index contributed by atoms with van der Waals surface area (Å²) in [6, 6.07) is 6.22. The monoisotopic (exact) mass is 475 g/mol. The number of fused-ring (bicyclic) bond motifs is 5. The van der Waals surface area contributed by atoms with Gasteiger partial charge in [-0.25, -0.2) is 9.38 Å². The molecule has 4 unspecified atom stereocenters. The second-order valence-corrected chi connectivity index (χ2v) is 7.06. The van der Waals surface area contributed by atoms with Crippen LogP contribution in [0.15, 0.2) is 29.3 Å². The van der Waals surface area contributed by atoms with Crippen LogP contribution in [0.25, 0.3) is 0 Å². The first-order valence-electron chi connectivity index (χ1n) is 9.31. The molecule has 0 aromatic heterocycles. The van der Waals surface area contributed by atoms with E-state index in [1.165, 1.54) is 25.0 Å². The van der Waals surface area contributed by atoms with Crippen molar-refractivity contribution in [2.45, 2.75) is 32.0 Å². The maximum atomic E-state index is 13.2. The molecule has 0 saturated carbocycles. The average Bonchev–Trinajstić information content (AvgIpc) is 3.30. The van der Waals surface area contributed by atoms with Gasteiger partial charge in [0, 0.05) is 37.5 Å². The molecule has 3 aliphatic rings. The number of hydrogen-bond acceptors (Lipinski definition) is 3. The molecule has 4 rings (SSSR count). The molecule has 26 heavy (non-hydrogen) atoms. The molecular weight excluding hydrogens is 448 g/mol. The largest absolute Gasteiger partial charge is 0.492 e. The van der Waals surface area contributed by atoms with Crippen molar-refractivity contribution in [3.05, 3.63) is 30.1 Å². The molecule has 7 heteroatoms. The Morgan fingerprint density at radius 3 is 2.69 bits per heavy atom. The fraction of sp³-hybridized carbons (Fsp3) is 0.632. The van der Waals surface area contributed by atoms with Crippen molar-refractivity contribution in [2.24, 2.45) is 16.8 Å². The van der Waals surface area contributed by atoms with Gasteiger partial charge in [-0.05, 0) is 31.9 Å². The van der Waals surface area contributed by atoms with E-state index >= 15 is 0 Å². The molecule has 1 aromatic carbocycles. The molecule has 0 aliphatic carbocycles. The molecule has 3 saturated heterocycles. The van der Waals surface area contributed by atoms with Crippen LogP contribution < -0.4 is 10.1 Å². The lowest BCUT2D eigenvalue weighted by Gasteiger charge is -2.23. The smallest absolute Gasteiger partial charge is 0.194 e. The molecular formula is C19H27FIN3O2. The van der Waals surface area contributed by atoms with Crippen LogP contribution in [0.4, 0.5) is 4.39 Å². The predicted octanol–water partition coefficient (Wildman–Crippen LogP) is 2.90. The standard InChI is InChI=1S/C19H26FN3O2.HI/c1-2-21-19(22-8-9-24-14-5-3-4-13(20)10-14)23-11-15-16(12-23)18-7-6-17(15)25-18;/h3-5,10,15-18H,2,6-9,11-12H2,1H3,(H,21,22);1H. The zero-order chi connectivity index (χ0) is 17.2. The SMILES string of the molecule is CCNC(=NCCOc1cccc(F)c1)N1CC2C3CCC(O3)C2C1.I. The number of guanidine groups is 1. The summed E-state index contributed by atoms with van der Waals surface area (Å²) in [7, 11) is 0. The zero-order valence-corrected chi connectivity index (χ0v) is 17.4. The molecule has 3 fully saturated rings. The molecule has 3 aliphatic heterocycles. The summed E-state index contributed by atoms with van der Waals surface area (Å²) >= 11 is 0. The van der Waals surface area contributed by atoms with Crippen LogP contribution >= 0.6 is 24.0 Å². The maximum Gasteiger partial charge on any atom is 0.194 e. The summed E-state index contributed by atoms with van der Waals surface area (Å²) in [4.78, 5) is 7.07. The van der Waals surface area contributed by atoms with Gasteiger partial charge in [-0.2, -0.15) is 0 Å². The summed E-state index contributed by atoms with van der Waals surface area (Å²) in [6.07, 6.45) is 3.35. The lowest BCUT2D eigenvalue weighted by atomic mass is 9.82. The minimum absolute atomic E-state index is 0.